The third-order valence-corrected chi connectivity index (χ3v) is 3.89. The van der Waals surface area contributed by atoms with Gasteiger partial charge in [0.05, 0.1) is 19.8 Å². The number of benzene rings is 2. The van der Waals surface area contributed by atoms with Crippen LogP contribution in [-0.2, 0) is 13.2 Å². The predicted molar refractivity (Wildman–Crippen MR) is 82.6 cm³/mol. The molecule has 4 nitrogen and oxygen atoms in total. The van der Waals surface area contributed by atoms with Gasteiger partial charge in [0, 0.05) is 21.8 Å². The molecule has 21 heavy (non-hydrogen) atoms. The Labute approximate surface area is 128 Å². The number of aromatic hydroxyl groups is 1. The van der Waals surface area contributed by atoms with Gasteiger partial charge in [-0.3, -0.25) is 0 Å². The van der Waals surface area contributed by atoms with Gasteiger partial charge in [-0.25, -0.2) is 0 Å². The van der Waals surface area contributed by atoms with E-state index in [2.05, 4.69) is 0 Å². The van der Waals surface area contributed by atoms with Gasteiger partial charge in [0.1, 0.15) is 11.5 Å². The van der Waals surface area contributed by atoms with E-state index in [0.29, 0.717) is 17.7 Å². The summed E-state index contributed by atoms with van der Waals surface area (Å²) in [5.74, 6) is 1.52. The SMILES string of the molecule is OCc1cc(SCCOc2ccccc2)cc(CO)c1O. The number of hydrogen-bond acceptors (Lipinski definition) is 5. The van der Waals surface area contributed by atoms with Crippen molar-refractivity contribution in [3.63, 3.8) is 0 Å². The van der Waals surface area contributed by atoms with Crippen LogP contribution in [0.3, 0.4) is 0 Å². The Morgan fingerprint density at radius 3 is 2.14 bits per heavy atom. The lowest BCUT2D eigenvalue weighted by Crippen LogP contribution is -2.00. The topological polar surface area (TPSA) is 69.9 Å². The zero-order chi connectivity index (χ0) is 15.1. The van der Waals surface area contributed by atoms with Gasteiger partial charge < -0.3 is 20.1 Å². The Balaban J connectivity index is 1.91. The van der Waals surface area contributed by atoms with Crippen molar-refractivity contribution in [3.8, 4) is 11.5 Å². The summed E-state index contributed by atoms with van der Waals surface area (Å²) in [5, 5.41) is 28.2. The van der Waals surface area contributed by atoms with Crippen LogP contribution in [0.15, 0.2) is 47.4 Å². The van der Waals surface area contributed by atoms with E-state index in [0.717, 1.165) is 16.4 Å². The minimum Gasteiger partial charge on any atom is -0.507 e. The van der Waals surface area contributed by atoms with E-state index in [1.165, 1.54) is 0 Å². The molecule has 0 saturated heterocycles. The fourth-order valence-corrected chi connectivity index (χ4v) is 2.74. The molecule has 0 atom stereocenters. The summed E-state index contributed by atoms with van der Waals surface area (Å²) in [7, 11) is 0. The highest BCUT2D eigenvalue weighted by Crippen LogP contribution is 2.30. The van der Waals surface area contributed by atoms with Crippen molar-refractivity contribution in [1.29, 1.82) is 0 Å². The minimum absolute atomic E-state index is 0.0371. The lowest BCUT2D eigenvalue weighted by atomic mass is 10.1. The summed E-state index contributed by atoms with van der Waals surface area (Å²) >= 11 is 1.55. The average molecular weight is 306 g/mol. The lowest BCUT2D eigenvalue weighted by Gasteiger charge is -2.10. The van der Waals surface area contributed by atoms with Crippen molar-refractivity contribution >= 4 is 11.8 Å². The van der Waals surface area contributed by atoms with Crippen molar-refractivity contribution in [2.45, 2.75) is 18.1 Å². The second-order valence-electron chi connectivity index (χ2n) is 4.42. The van der Waals surface area contributed by atoms with E-state index >= 15 is 0 Å². The molecule has 0 aliphatic heterocycles. The Kier molecular flexibility index (Phi) is 5.92. The summed E-state index contributed by atoms with van der Waals surface area (Å²) in [6, 6.07) is 13.0. The van der Waals surface area contributed by atoms with E-state index in [1.807, 2.05) is 30.3 Å². The average Bonchev–Trinajstić information content (AvgIpc) is 2.53. The maximum atomic E-state index is 9.78. The third-order valence-electron chi connectivity index (χ3n) is 2.95. The van der Waals surface area contributed by atoms with Crippen molar-refractivity contribution in [3.05, 3.63) is 53.6 Å². The van der Waals surface area contributed by atoms with Crippen LogP contribution in [0, 0.1) is 0 Å². The van der Waals surface area contributed by atoms with E-state index in [-0.39, 0.29) is 19.0 Å². The van der Waals surface area contributed by atoms with Crippen LogP contribution in [0.2, 0.25) is 0 Å². The van der Waals surface area contributed by atoms with E-state index in [4.69, 9.17) is 4.74 Å². The summed E-state index contributed by atoms with van der Waals surface area (Å²) in [5.41, 5.74) is 0.848. The smallest absolute Gasteiger partial charge is 0.126 e. The largest absolute Gasteiger partial charge is 0.507 e. The summed E-state index contributed by atoms with van der Waals surface area (Å²) in [6.07, 6.45) is 0. The number of phenols is 1. The molecule has 0 saturated carbocycles. The molecule has 0 bridgehead atoms. The molecule has 0 aromatic heterocycles. The number of ether oxygens (including phenoxy) is 1. The quantitative estimate of drug-likeness (QED) is 0.542. The van der Waals surface area contributed by atoms with E-state index in [1.54, 1.807) is 23.9 Å². The number of aliphatic hydroxyl groups is 2. The molecule has 0 aliphatic carbocycles. The standard InChI is InChI=1S/C16H18O4S/c17-10-12-8-15(9-13(11-18)16(12)19)21-7-6-20-14-4-2-1-3-5-14/h1-5,8-9,17-19H,6-7,10-11H2. The van der Waals surface area contributed by atoms with E-state index in [9.17, 15) is 15.3 Å². The third kappa shape index (κ3) is 4.39. The van der Waals surface area contributed by atoms with Crippen molar-refractivity contribution in [1.82, 2.24) is 0 Å². The number of rotatable bonds is 7. The van der Waals surface area contributed by atoms with Crippen LogP contribution in [0.5, 0.6) is 11.5 Å². The molecule has 2 aromatic rings. The Hall–Kier alpha value is -1.69. The first kappa shape index (κ1) is 15.7. The fourth-order valence-electron chi connectivity index (χ4n) is 1.89. The Morgan fingerprint density at radius 1 is 0.952 bits per heavy atom. The highest BCUT2D eigenvalue weighted by Gasteiger charge is 2.09. The Bertz CT molecular complexity index is 547. The minimum atomic E-state index is -0.256. The van der Waals surface area contributed by atoms with Crippen molar-refractivity contribution in [2.24, 2.45) is 0 Å². The summed E-state index contributed by atoms with van der Waals surface area (Å²) < 4.78 is 5.60. The highest BCUT2D eigenvalue weighted by atomic mass is 32.2. The van der Waals surface area contributed by atoms with Crippen LogP contribution >= 0.6 is 11.8 Å². The zero-order valence-corrected chi connectivity index (χ0v) is 12.3. The molecule has 2 rings (SSSR count). The molecule has 5 heteroatoms. The summed E-state index contributed by atoms with van der Waals surface area (Å²) in [6.45, 7) is 0.0416. The lowest BCUT2D eigenvalue weighted by molar-refractivity contribution is 0.263. The predicted octanol–water partition coefficient (Wildman–Crippen LogP) is 2.55. The molecular formula is C16H18O4S. The molecule has 0 fully saturated rings. The maximum Gasteiger partial charge on any atom is 0.126 e. The molecule has 0 heterocycles. The first-order valence-electron chi connectivity index (χ1n) is 6.61. The number of para-hydroxylation sites is 1. The van der Waals surface area contributed by atoms with Crippen LogP contribution in [-0.4, -0.2) is 27.7 Å². The van der Waals surface area contributed by atoms with Crippen LogP contribution in [0.1, 0.15) is 11.1 Å². The van der Waals surface area contributed by atoms with Gasteiger partial charge in [0.2, 0.25) is 0 Å². The monoisotopic (exact) mass is 306 g/mol. The van der Waals surface area contributed by atoms with Crippen LogP contribution in [0.4, 0.5) is 0 Å². The first-order chi connectivity index (χ1) is 10.2. The fraction of sp³-hybridized carbons (Fsp3) is 0.250. The zero-order valence-electron chi connectivity index (χ0n) is 11.5. The molecule has 0 amide bonds. The molecule has 0 unspecified atom stereocenters. The molecule has 112 valence electrons. The molecule has 0 spiro atoms. The second kappa shape index (κ2) is 7.93. The van der Waals surface area contributed by atoms with Gasteiger partial charge in [0.25, 0.3) is 0 Å². The van der Waals surface area contributed by atoms with Crippen molar-refractivity contribution < 1.29 is 20.1 Å². The van der Waals surface area contributed by atoms with Crippen LogP contribution in [0.25, 0.3) is 0 Å². The Morgan fingerprint density at radius 2 is 1.57 bits per heavy atom. The number of thioether (sulfide) groups is 1. The molecule has 3 N–H and O–H groups in total. The van der Waals surface area contributed by atoms with Gasteiger partial charge in [-0.15, -0.1) is 11.8 Å². The van der Waals surface area contributed by atoms with Gasteiger partial charge in [-0.2, -0.15) is 0 Å². The number of aliphatic hydroxyl groups excluding tert-OH is 2. The molecule has 0 aliphatic rings. The van der Waals surface area contributed by atoms with Gasteiger partial charge in [-0.05, 0) is 24.3 Å². The number of hydrogen-bond donors (Lipinski definition) is 3. The maximum absolute atomic E-state index is 9.78. The molecule has 0 radical (unpaired) electrons. The van der Waals surface area contributed by atoms with E-state index < -0.39 is 0 Å². The van der Waals surface area contributed by atoms with Crippen molar-refractivity contribution in [2.75, 3.05) is 12.4 Å². The second-order valence-corrected chi connectivity index (χ2v) is 5.58. The summed E-state index contributed by atoms with van der Waals surface area (Å²) in [4.78, 5) is 0.887. The highest BCUT2D eigenvalue weighted by molar-refractivity contribution is 7.99. The van der Waals surface area contributed by atoms with Gasteiger partial charge in [0.15, 0.2) is 0 Å². The van der Waals surface area contributed by atoms with Crippen LogP contribution < -0.4 is 4.74 Å². The first-order valence-corrected chi connectivity index (χ1v) is 7.60. The van der Waals surface area contributed by atoms with Gasteiger partial charge in [-0.1, -0.05) is 18.2 Å². The van der Waals surface area contributed by atoms with Gasteiger partial charge >= 0.3 is 0 Å². The normalized spacial score (nSPS) is 10.6. The molecule has 2 aromatic carbocycles. The molecular weight excluding hydrogens is 288 g/mol.